The smallest absolute Gasteiger partial charge is 0.226 e. The molecule has 18 heavy (non-hydrogen) atoms. The van der Waals surface area contributed by atoms with E-state index in [0.717, 1.165) is 18.7 Å². The molecule has 1 fully saturated rings. The molecule has 1 aliphatic heterocycles. The minimum absolute atomic E-state index is 0.202. The van der Waals surface area contributed by atoms with Crippen LogP contribution in [0.5, 0.6) is 0 Å². The number of rotatable bonds is 4. The van der Waals surface area contributed by atoms with E-state index in [-0.39, 0.29) is 5.91 Å². The molecule has 0 bridgehead atoms. The standard InChI is InChI=1S/C15H22N2O/c1-17(14-8-3-2-4-9-14)15(18)11-10-13-7-5-6-12-16-13/h2-4,8-9,13,16H,5-7,10-12H2,1H3. The molecule has 1 heterocycles. The Bertz CT molecular complexity index is 371. The summed E-state index contributed by atoms with van der Waals surface area (Å²) in [6.07, 6.45) is 5.36. The Hall–Kier alpha value is -1.35. The summed E-state index contributed by atoms with van der Waals surface area (Å²) in [4.78, 5) is 13.8. The summed E-state index contributed by atoms with van der Waals surface area (Å²) in [7, 11) is 1.85. The number of carbonyl (C=O) groups excluding carboxylic acids is 1. The molecule has 3 heteroatoms. The highest BCUT2D eigenvalue weighted by molar-refractivity contribution is 5.92. The van der Waals surface area contributed by atoms with Gasteiger partial charge in [-0.05, 0) is 37.9 Å². The van der Waals surface area contributed by atoms with Gasteiger partial charge in [-0.3, -0.25) is 4.79 Å². The van der Waals surface area contributed by atoms with Crippen LogP contribution in [0.3, 0.4) is 0 Å². The fourth-order valence-electron chi connectivity index (χ4n) is 2.43. The Morgan fingerprint density at radius 3 is 2.78 bits per heavy atom. The minimum Gasteiger partial charge on any atom is -0.316 e. The Morgan fingerprint density at radius 1 is 1.33 bits per heavy atom. The Labute approximate surface area is 109 Å². The topological polar surface area (TPSA) is 32.3 Å². The first-order valence-corrected chi connectivity index (χ1v) is 6.82. The summed E-state index contributed by atoms with van der Waals surface area (Å²) in [5.74, 6) is 0.202. The molecular weight excluding hydrogens is 224 g/mol. The zero-order chi connectivity index (χ0) is 12.8. The van der Waals surface area contributed by atoms with Gasteiger partial charge in [-0.2, -0.15) is 0 Å². The van der Waals surface area contributed by atoms with Gasteiger partial charge in [-0.15, -0.1) is 0 Å². The maximum Gasteiger partial charge on any atom is 0.226 e. The van der Waals surface area contributed by atoms with Gasteiger partial charge < -0.3 is 10.2 Å². The van der Waals surface area contributed by atoms with Gasteiger partial charge in [-0.25, -0.2) is 0 Å². The minimum atomic E-state index is 0.202. The highest BCUT2D eigenvalue weighted by Crippen LogP contribution is 2.15. The maximum absolute atomic E-state index is 12.1. The van der Waals surface area contributed by atoms with Crippen molar-refractivity contribution in [3.63, 3.8) is 0 Å². The van der Waals surface area contributed by atoms with E-state index < -0.39 is 0 Å². The summed E-state index contributed by atoms with van der Waals surface area (Å²) in [5, 5.41) is 3.48. The highest BCUT2D eigenvalue weighted by Gasteiger charge is 2.16. The second-order valence-electron chi connectivity index (χ2n) is 4.97. The van der Waals surface area contributed by atoms with Crippen LogP contribution in [0.4, 0.5) is 5.69 Å². The third-order valence-corrected chi connectivity index (χ3v) is 3.64. The van der Waals surface area contributed by atoms with E-state index in [2.05, 4.69) is 5.32 Å². The van der Waals surface area contributed by atoms with Crippen LogP contribution in [0.25, 0.3) is 0 Å². The fraction of sp³-hybridized carbons (Fsp3) is 0.533. The summed E-state index contributed by atoms with van der Waals surface area (Å²) >= 11 is 0. The molecule has 1 unspecified atom stereocenters. The predicted molar refractivity (Wildman–Crippen MR) is 74.7 cm³/mol. The molecule has 0 radical (unpaired) electrons. The van der Waals surface area contributed by atoms with Crippen LogP contribution in [0.1, 0.15) is 32.1 Å². The number of hydrogen-bond acceptors (Lipinski definition) is 2. The van der Waals surface area contributed by atoms with Crippen LogP contribution in [0.2, 0.25) is 0 Å². The molecule has 3 nitrogen and oxygen atoms in total. The van der Waals surface area contributed by atoms with E-state index in [1.165, 1.54) is 19.3 Å². The number of nitrogens with zero attached hydrogens (tertiary/aromatic N) is 1. The maximum atomic E-state index is 12.1. The number of piperidine rings is 1. The summed E-state index contributed by atoms with van der Waals surface area (Å²) < 4.78 is 0. The molecule has 0 saturated carbocycles. The van der Waals surface area contributed by atoms with Crippen LogP contribution in [0, 0.1) is 0 Å². The van der Waals surface area contributed by atoms with Crippen molar-refractivity contribution >= 4 is 11.6 Å². The van der Waals surface area contributed by atoms with E-state index in [4.69, 9.17) is 0 Å². The van der Waals surface area contributed by atoms with Crippen LogP contribution in [-0.4, -0.2) is 25.5 Å². The first kappa shape index (κ1) is 13.1. The van der Waals surface area contributed by atoms with Gasteiger partial charge in [0, 0.05) is 25.2 Å². The molecule has 98 valence electrons. The van der Waals surface area contributed by atoms with Crippen molar-refractivity contribution in [2.24, 2.45) is 0 Å². The molecule has 1 amide bonds. The predicted octanol–water partition coefficient (Wildman–Crippen LogP) is 2.57. The monoisotopic (exact) mass is 246 g/mol. The average molecular weight is 246 g/mol. The fourth-order valence-corrected chi connectivity index (χ4v) is 2.43. The highest BCUT2D eigenvalue weighted by atomic mass is 16.2. The van der Waals surface area contributed by atoms with Crippen LogP contribution in [0.15, 0.2) is 30.3 Å². The van der Waals surface area contributed by atoms with Gasteiger partial charge in [0.15, 0.2) is 0 Å². The third kappa shape index (κ3) is 3.57. The molecular formula is C15H22N2O. The Kier molecular flexibility index (Phi) is 4.76. The van der Waals surface area contributed by atoms with Gasteiger partial charge in [0.25, 0.3) is 0 Å². The number of para-hydroxylation sites is 1. The van der Waals surface area contributed by atoms with E-state index >= 15 is 0 Å². The van der Waals surface area contributed by atoms with Crippen LogP contribution >= 0.6 is 0 Å². The first-order valence-electron chi connectivity index (χ1n) is 6.82. The second kappa shape index (κ2) is 6.55. The summed E-state index contributed by atoms with van der Waals surface area (Å²) in [5.41, 5.74) is 0.971. The molecule has 2 rings (SSSR count). The molecule has 1 saturated heterocycles. The van der Waals surface area contributed by atoms with Gasteiger partial charge in [0.1, 0.15) is 0 Å². The number of benzene rings is 1. The van der Waals surface area contributed by atoms with Gasteiger partial charge in [0.05, 0.1) is 0 Å². The molecule has 0 aliphatic carbocycles. The molecule has 1 aromatic rings. The zero-order valence-corrected chi connectivity index (χ0v) is 11.1. The number of nitrogens with one attached hydrogen (secondary N) is 1. The van der Waals surface area contributed by atoms with Gasteiger partial charge in [-0.1, -0.05) is 24.6 Å². The number of hydrogen-bond donors (Lipinski definition) is 1. The summed E-state index contributed by atoms with van der Waals surface area (Å²) in [6.45, 7) is 1.10. The lowest BCUT2D eigenvalue weighted by molar-refractivity contribution is -0.118. The SMILES string of the molecule is CN(C(=O)CCC1CCCCN1)c1ccccc1. The average Bonchev–Trinajstić information content (AvgIpc) is 2.46. The third-order valence-electron chi connectivity index (χ3n) is 3.64. The van der Waals surface area contributed by atoms with Crippen molar-refractivity contribution in [3.05, 3.63) is 30.3 Å². The lowest BCUT2D eigenvalue weighted by atomic mass is 10.0. The van der Waals surface area contributed by atoms with Crippen LogP contribution < -0.4 is 10.2 Å². The number of anilines is 1. The van der Waals surface area contributed by atoms with Gasteiger partial charge in [0.2, 0.25) is 5.91 Å². The molecule has 1 atom stereocenters. The van der Waals surface area contributed by atoms with Crippen molar-refractivity contribution in [3.8, 4) is 0 Å². The number of carbonyl (C=O) groups is 1. The molecule has 0 aromatic heterocycles. The largest absolute Gasteiger partial charge is 0.316 e. The van der Waals surface area contributed by atoms with E-state index in [1.807, 2.05) is 37.4 Å². The van der Waals surface area contributed by atoms with E-state index in [9.17, 15) is 4.79 Å². The first-order chi connectivity index (χ1) is 8.77. The molecule has 1 aliphatic rings. The van der Waals surface area contributed by atoms with Crippen molar-refractivity contribution < 1.29 is 4.79 Å². The van der Waals surface area contributed by atoms with Gasteiger partial charge >= 0.3 is 0 Å². The van der Waals surface area contributed by atoms with Crippen molar-refractivity contribution in [2.75, 3.05) is 18.5 Å². The lowest BCUT2D eigenvalue weighted by Crippen LogP contribution is -2.35. The Balaban J connectivity index is 1.80. The number of amides is 1. The quantitative estimate of drug-likeness (QED) is 0.885. The molecule has 0 spiro atoms. The van der Waals surface area contributed by atoms with Crippen LogP contribution in [-0.2, 0) is 4.79 Å². The van der Waals surface area contributed by atoms with E-state index in [0.29, 0.717) is 12.5 Å². The normalized spacial score (nSPS) is 19.5. The van der Waals surface area contributed by atoms with Crippen molar-refractivity contribution in [1.29, 1.82) is 0 Å². The summed E-state index contributed by atoms with van der Waals surface area (Å²) in [6, 6.07) is 10.4. The van der Waals surface area contributed by atoms with Crippen molar-refractivity contribution in [2.45, 2.75) is 38.1 Å². The second-order valence-corrected chi connectivity index (χ2v) is 4.97. The van der Waals surface area contributed by atoms with E-state index in [1.54, 1.807) is 4.90 Å². The molecule has 1 aromatic carbocycles. The zero-order valence-electron chi connectivity index (χ0n) is 11.1. The molecule has 1 N–H and O–H groups in total. The Morgan fingerprint density at radius 2 is 2.11 bits per heavy atom. The van der Waals surface area contributed by atoms with Crippen molar-refractivity contribution in [1.82, 2.24) is 5.32 Å². The lowest BCUT2D eigenvalue weighted by Gasteiger charge is -2.24.